The molecule has 56 valence electrons. The zero-order valence-electron chi connectivity index (χ0n) is 5.93. The van der Waals surface area contributed by atoms with Crippen molar-refractivity contribution in [3.63, 3.8) is 0 Å². The quantitative estimate of drug-likeness (QED) is 0.489. The Bertz CT molecular complexity index is 176. The van der Waals surface area contributed by atoms with E-state index in [2.05, 4.69) is 0 Å². The van der Waals surface area contributed by atoms with Crippen LogP contribution in [0, 0.1) is 0 Å². The molecule has 1 aliphatic rings. The van der Waals surface area contributed by atoms with Crippen molar-refractivity contribution in [2.45, 2.75) is 12.8 Å². The maximum absolute atomic E-state index is 11.1. The number of halogens is 1. The van der Waals surface area contributed by atoms with Gasteiger partial charge in [0.2, 0.25) is 5.91 Å². The third-order valence-electron chi connectivity index (χ3n) is 1.69. The molecule has 1 saturated heterocycles. The fourth-order valence-electron chi connectivity index (χ4n) is 1.06. The average molecular weight is 160 g/mol. The summed E-state index contributed by atoms with van der Waals surface area (Å²) < 4.78 is 0. The second-order valence-electron chi connectivity index (χ2n) is 2.46. The molecule has 1 rings (SSSR count). The molecule has 0 bridgehead atoms. The molecule has 1 fully saturated rings. The molecule has 0 radical (unpaired) electrons. The van der Waals surface area contributed by atoms with Crippen LogP contribution in [0.2, 0.25) is 0 Å². The van der Waals surface area contributed by atoms with Crippen LogP contribution in [-0.2, 0) is 4.79 Å². The van der Waals surface area contributed by atoms with E-state index in [-0.39, 0.29) is 5.91 Å². The molecule has 0 unspecified atom stereocenters. The zero-order chi connectivity index (χ0) is 7.56. The van der Waals surface area contributed by atoms with Crippen molar-refractivity contribution in [1.82, 2.24) is 4.90 Å². The highest BCUT2D eigenvalue weighted by Gasteiger charge is 2.18. The minimum Gasteiger partial charge on any atom is -0.342 e. The summed E-state index contributed by atoms with van der Waals surface area (Å²) in [4.78, 5) is 12.8. The van der Waals surface area contributed by atoms with Gasteiger partial charge in [-0.15, -0.1) is 0 Å². The SMILES string of the molecule is CN1CCC/C(=C\Cl)C1=O. The Labute approximate surface area is 65.5 Å². The Morgan fingerprint density at radius 3 is 2.90 bits per heavy atom. The largest absolute Gasteiger partial charge is 0.342 e. The minimum atomic E-state index is 0.0706. The number of hydrogen-bond acceptors (Lipinski definition) is 1. The summed E-state index contributed by atoms with van der Waals surface area (Å²) in [6.07, 6.45) is 1.85. The van der Waals surface area contributed by atoms with E-state index in [4.69, 9.17) is 11.6 Å². The number of amides is 1. The summed E-state index contributed by atoms with van der Waals surface area (Å²) in [5, 5.41) is 0. The number of carbonyl (C=O) groups excluding carboxylic acids is 1. The molecule has 0 aromatic heterocycles. The zero-order valence-corrected chi connectivity index (χ0v) is 6.69. The van der Waals surface area contributed by atoms with Gasteiger partial charge in [0.1, 0.15) is 0 Å². The van der Waals surface area contributed by atoms with Crippen LogP contribution in [0.4, 0.5) is 0 Å². The maximum atomic E-state index is 11.1. The lowest BCUT2D eigenvalue weighted by Crippen LogP contribution is -2.33. The van der Waals surface area contributed by atoms with Crippen molar-refractivity contribution < 1.29 is 4.79 Å². The number of nitrogens with zero attached hydrogens (tertiary/aromatic N) is 1. The van der Waals surface area contributed by atoms with E-state index >= 15 is 0 Å². The molecule has 0 saturated carbocycles. The summed E-state index contributed by atoms with van der Waals surface area (Å²) >= 11 is 5.43. The van der Waals surface area contributed by atoms with Crippen molar-refractivity contribution in [2.24, 2.45) is 0 Å². The maximum Gasteiger partial charge on any atom is 0.250 e. The average Bonchev–Trinajstić information content (AvgIpc) is 1.95. The van der Waals surface area contributed by atoms with Gasteiger partial charge in [-0.2, -0.15) is 0 Å². The van der Waals surface area contributed by atoms with E-state index in [1.165, 1.54) is 5.54 Å². The molecule has 1 aliphatic heterocycles. The Morgan fingerprint density at radius 2 is 2.40 bits per heavy atom. The second-order valence-corrected chi connectivity index (χ2v) is 2.68. The first-order valence-electron chi connectivity index (χ1n) is 3.30. The smallest absolute Gasteiger partial charge is 0.250 e. The topological polar surface area (TPSA) is 20.3 Å². The first-order chi connectivity index (χ1) is 4.75. The molecule has 1 amide bonds. The number of likely N-dealkylation sites (tertiary alicyclic amines) is 1. The summed E-state index contributed by atoms with van der Waals surface area (Å²) in [6, 6.07) is 0. The summed E-state index contributed by atoms with van der Waals surface area (Å²) in [5.74, 6) is 0.0706. The lowest BCUT2D eigenvalue weighted by molar-refractivity contribution is -0.127. The van der Waals surface area contributed by atoms with Crippen LogP contribution in [0.1, 0.15) is 12.8 Å². The van der Waals surface area contributed by atoms with Gasteiger partial charge in [0.15, 0.2) is 0 Å². The van der Waals surface area contributed by atoms with Gasteiger partial charge in [-0.1, -0.05) is 11.6 Å². The molecule has 0 spiro atoms. The van der Waals surface area contributed by atoms with E-state index in [1.54, 1.807) is 11.9 Å². The van der Waals surface area contributed by atoms with Gasteiger partial charge >= 0.3 is 0 Å². The van der Waals surface area contributed by atoms with Crippen LogP contribution < -0.4 is 0 Å². The number of carbonyl (C=O) groups is 1. The van der Waals surface area contributed by atoms with Crippen molar-refractivity contribution in [3.05, 3.63) is 11.1 Å². The molecule has 0 atom stereocenters. The minimum absolute atomic E-state index is 0.0706. The van der Waals surface area contributed by atoms with Gasteiger partial charge < -0.3 is 4.90 Å². The molecule has 2 nitrogen and oxygen atoms in total. The van der Waals surface area contributed by atoms with Crippen molar-refractivity contribution in [2.75, 3.05) is 13.6 Å². The normalized spacial score (nSPS) is 24.0. The number of likely N-dealkylation sites (N-methyl/N-ethyl adjacent to an activating group) is 1. The van der Waals surface area contributed by atoms with Crippen molar-refractivity contribution in [1.29, 1.82) is 0 Å². The molecule has 3 heteroatoms. The summed E-state index contributed by atoms with van der Waals surface area (Å²) in [6.45, 7) is 0.854. The first-order valence-corrected chi connectivity index (χ1v) is 3.74. The fraction of sp³-hybridized carbons (Fsp3) is 0.571. The van der Waals surface area contributed by atoms with Crippen LogP contribution >= 0.6 is 11.6 Å². The Kier molecular flexibility index (Phi) is 2.33. The molecule has 10 heavy (non-hydrogen) atoms. The predicted octanol–water partition coefficient (Wildman–Crippen LogP) is 1.36. The van der Waals surface area contributed by atoms with Crippen LogP contribution in [0.5, 0.6) is 0 Å². The highest BCUT2D eigenvalue weighted by Crippen LogP contribution is 2.15. The molecule has 0 aliphatic carbocycles. The molecule has 0 aromatic carbocycles. The fourth-order valence-corrected chi connectivity index (χ4v) is 1.26. The van der Waals surface area contributed by atoms with Gasteiger partial charge in [-0.05, 0) is 12.8 Å². The third-order valence-corrected chi connectivity index (χ3v) is 1.96. The van der Waals surface area contributed by atoms with E-state index in [0.717, 1.165) is 25.0 Å². The summed E-state index contributed by atoms with van der Waals surface area (Å²) in [5.41, 5.74) is 2.12. The van der Waals surface area contributed by atoms with E-state index in [0.29, 0.717) is 0 Å². The summed E-state index contributed by atoms with van der Waals surface area (Å²) in [7, 11) is 1.79. The predicted molar refractivity (Wildman–Crippen MR) is 40.8 cm³/mol. The lowest BCUT2D eigenvalue weighted by Gasteiger charge is -2.23. The van der Waals surface area contributed by atoms with Gasteiger partial charge in [-0.25, -0.2) is 0 Å². The standard InChI is InChI=1S/C7H10ClNO/c1-9-4-2-3-6(5-8)7(9)10/h5H,2-4H2,1H3/b6-5+. The number of piperidine rings is 1. The van der Waals surface area contributed by atoms with E-state index < -0.39 is 0 Å². The van der Waals surface area contributed by atoms with Crippen molar-refractivity contribution >= 4 is 17.5 Å². The lowest BCUT2D eigenvalue weighted by atomic mass is 10.1. The number of hydrogen-bond donors (Lipinski definition) is 0. The van der Waals surface area contributed by atoms with Crippen LogP contribution in [0.15, 0.2) is 11.1 Å². The first kappa shape index (κ1) is 7.61. The highest BCUT2D eigenvalue weighted by atomic mass is 35.5. The van der Waals surface area contributed by atoms with Gasteiger partial charge in [0.25, 0.3) is 0 Å². The van der Waals surface area contributed by atoms with Crippen LogP contribution in [0.3, 0.4) is 0 Å². The molecule has 0 N–H and O–H groups in total. The van der Waals surface area contributed by atoms with Crippen LogP contribution in [-0.4, -0.2) is 24.4 Å². The molecular formula is C7H10ClNO. The third kappa shape index (κ3) is 1.32. The second kappa shape index (κ2) is 3.06. The van der Waals surface area contributed by atoms with E-state index in [1.807, 2.05) is 0 Å². The Hall–Kier alpha value is -0.500. The molecule has 0 aromatic rings. The highest BCUT2D eigenvalue weighted by molar-refractivity contribution is 6.27. The monoisotopic (exact) mass is 159 g/mol. The van der Waals surface area contributed by atoms with Crippen molar-refractivity contribution in [3.8, 4) is 0 Å². The van der Waals surface area contributed by atoms with Crippen LogP contribution in [0.25, 0.3) is 0 Å². The van der Waals surface area contributed by atoms with Gasteiger partial charge in [0, 0.05) is 24.7 Å². The Balaban J connectivity index is 2.69. The molecule has 1 heterocycles. The Morgan fingerprint density at radius 1 is 1.70 bits per heavy atom. The molecular weight excluding hydrogens is 150 g/mol. The number of rotatable bonds is 0. The van der Waals surface area contributed by atoms with Gasteiger partial charge in [-0.3, -0.25) is 4.79 Å². The van der Waals surface area contributed by atoms with Gasteiger partial charge in [0.05, 0.1) is 0 Å². The van der Waals surface area contributed by atoms with E-state index in [9.17, 15) is 4.79 Å².